The summed E-state index contributed by atoms with van der Waals surface area (Å²) in [5.74, 6) is 0.882. The summed E-state index contributed by atoms with van der Waals surface area (Å²) in [6.45, 7) is 6.43. The van der Waals surface area contributed by atoms with Crippen molar-refractivity contribution >= 4 is 31.8 Å². The van der Waals surface area contributed by atoms with Crippen molar-refractivity contribution in [3.8, 4) is 5.75 Å². The zero-order valence-corrected chi connectivity index (χ0v) is 16.2. The lowest BCUT2D eigenvalue weighted by molar-refractivity contribution is 0.582. The number of hydrogen-bond donors (Lipinski definition) is 0. The normalized spacial score (nSPS) is 11.8. The van der Waals surface area contributed by atoms with Gasteiger partial charge in [0.2, 0.25) is 9.04 Å². The van der Waals surface area contributed by atoms with Crippen LogP contribution < -0.4 is 4.43 Å². The zero-order chi connectivity index (χ0) is 16.9. The first-order chi connectivity index (χ1) is 11.6. The molecule has 2 nitrogen and oxygen atoms in total. The van der Waals surface area contributed by atoms with Crippen LogP contribution >= 0.6 is 11.3 Å². The molecule has 0 bridgehead atoms. The first-order valence-corrected chi connectivity index (χ1v) is 11.7. The number of aryl methyl sites for hydroxylation is 1. The van der Waals surface area contributed by atoms with Gasteiger partial charge in [0.1, 0.15) is 11.4 Å². The number of thiophene rings is 1. The van der Waals surface area contributed by atoms with Crippen LogP contribution in [0.3, 0.4) is 0 Å². The zero-order valence-electron chi connectivity index (χ0n) is 14.2. The van der Waals surface area contributed by atoms with Crippen LogP contribution in [0.25, 0.3) is 0 Å². The Morgan fingerprint density at radius 1 is 1.00 bits per heavy atom. The Morgan fingerprint density at radius 2 is 1.79 bits per heavy atom. The van der Waals surface area contributed by atoms with Crippen molar-refractivity contribution < 1.29 is 4.43 Å². The lowest BCUT2D eigenvalue weighted by Gasteiger charge is -2.14. The summed E-state index contributed by atoms with van der Waals surface area (Å²) in [5, 5.41) is 2.09. The van der Waals surface area contributed by atoms with Crippen LogP contribution in [0.1, 0.15) is 16.0 Å². The molecule has 0 unspecified atom stereocenters. The maximum absolute atomic E-state index is 6.09. The monoisotopic (exact) mass is 351 g/mol. The van der Waals surface area contributed by atoms with Crippen molar-refractivity contribution in [1.29, 1.82) is 0 Å². The molecular weight excluding hydrogens is 330 g/mol. The summed E-state index contributed by atoms with van der Waals surface area (Å²) in [4.78, 5) is 6.17. The second kappa shape index (κ2) is 7.60. The third-order valence-corrected chi connectivity index (χ3v) is 5.11. The van der Waals surface area contributed by atoms with Gasteiger partial charge in [0, 0.05) is 5.56 Å². The van der Waals surface area contributed by atoms with Crippen LogP contribution in [0, 0.1) is 6.92 Å². The molecular formula is C20H21NOSSi. The van der Waals surface area contributed by atoms with Crippen LogP contribution in [-0.4, -0.2) is 14.8 Å². The first kappa shape index (κ1) is 16.7. The summed E-state index contributed by atoms with van der Waals surface area (Å²) in [6, 6.07) is 20.7. The fourth-order valence-electron chi connectivity index (χ4n) is 2.46. The third kappa shape index (κ3) is 4.02. The van der Waals surface area contributed by atoms with Crippen molar-refractivity contribution in [2.75, 3.05) is 0 Å². The Labute approximate surface area is 149 Å². The predicted molar refractivity (Wildman–Crippen MR) is 107 cm³/mol. The van der Waals surface area contributed by atoms with Gasteiger partial charge in [-0.1, -0.05) is 42.5 Å². The molecule has 1 aromatic heterocycles. The van der Waals surface area contributed by atoms with E-state index in [9.17, 15) is 0 Å². The Bertz CT molecular complexity index is 826. The highest BCUT2D eigenvalue weighted by atomic mass is 32.1. The lowest BCUT2D eigenvalue weighted by Crippen LogP contribution is -2.11. The SMILES string of the molecule is Cc1ccc(O[SiH](C)C)c(N=C(c2ccccc2)c2cccs2)c1. The van der Waals surface area contributed by atoms with E-state index in [0.717, 1.165) is 27.6 Å². The maximum Gasteiger partial charge on any atom is 0.229 e. The predicted octanol–water partition coefficient (Wildman–Crippen LogP) is 5.59. The molecule has 122 valence electrons. The topological polar surface area (TPSA) is 21.6 Å². The summed E-state index contributed by atoms with van der Waals surface area (Å²) < 4.78 is 6.09. The average molecular weight is 352 g/mol. The number of hydrogen-bond acceptors (Lipinski definition) is 3. The van der Waals surface area contributed by atoms with Crippen LogP contribution in [-0.2, 0) is 0 Å². The van der Waals surface area contributed by atoms with E-state index < -0.39 is 9.04 Å². The van der Waals surface area contributed by atoms with E-state index in [1.54, 1.807) is 11.3 Å². The van der Waals surface area contributed by atoms with E-state index in [4.69, 9.17) is 9.42 Å². The maximum atomic E-state index is 6.09. The van der Waals surface area contributed by atoms with Crippen LogP contribution in [0.4, 0.5) is 5.69 Å². The second-order valence-corrected chi connectivity index (χ2v) is 9.22. The largest absolute Gasteiger partial charge is 0.546 e. The fraction of sp³-hybridized carbons (Fsp3) is 0.150. The van der Waals surface area contributed by atoms with E-state index in [1.807, 2.05) is 24.3 Å². The van der Waals surface area contributed by atoms with E-state index in [2.05, 4.69) is 61.8 Å². The lowest BCUT2D eigenvalue weighted by atomic mass is 10.1. The minimum Gasteiger partial charge on any atom is -0.546 e. The van der Waals surface area contributed by atoms with Crippen molar-refractivity contribution in [3.63, 3.8) is 0 Å². The van der Waals surface area contributed by atoms with Crippen molar-refractivity contribution in [2.24, 2.45) is 4.99 Å². The molecule has 0 saturated carbocycles. The molecule has 0 amide bonds. The first-order valence-electron chi connectivity index (χ1n) is 8.09. The van der Waals surface area contributed by atoms with Crippen molar-refractivity contribution in [3.05, 3.63) is 82.0 Å². The molecule has 3 rings (SSSR count). The summed E-state index contributed by atoms with van der Waals surface area (Å²) in [6.07, 6.45) is 0. The summed E-state index contributed by atoms with van der Waals surface area (Å²) in [5.41, 5.74) is 4.20. The molecule has 0 aliphatic carbocycles. The van der Waals surface area contributed by atoms with Gasteiger partial charge >= 0.3 is 0 Å². The molecule has 0 N–H and O–H groups in total. The molecule has 24 heavy (non-hydrogen) atoms. The van der Waals surface area contributed by atoms with Gasteiger partial charge in [-0.15, -0.1) is 11.3 Å². The third-order valence-electron chi connectivity index (χ3n) is 3.51. The molecule has 2 aromatic carbocycles. The van der Waals surface area contributed by atoms with Gasteiger partial charge in [-0.3, -0.25) is 0 Å². The smallest absolute Gasteiger partial charge is 0.229 e. The second-order valence-electron chi connectivity index (χ2n) is 5.94. The van der Waals surface area contributed by atoms with Gasteiger partial charge in [0.15, 0.2) is 0 Å². The van der Waals surface area contributed by atoms with Gasteiger partial charge in [-0.25, -0.2) is 4.99 Å². The molecule has 0 saturated heterocycles. The van der Waals surface area contributed by atoms with Crippen molar-refractivity contribution in [1.82, 2.24) is 0 Å². The number of rotatable bonds is 5. The van der Waals surface area contributed by atoms with E-state index in [-0.39, 0.29) is 0 Å². The molecule has 0 aliphatic heterocycles. The standard InChI is InChI=1S/C20H21NOSSi/c1-15-11-12-18(22-24(2)3)17(14-15)21-20(19-10-7-13-23-19)16-8-5-4-6-9-16/h4-14,24H,1-3H3. The van der Waals surface area contributed by atoms with Gasteiger partial charge in [-0.2, -0.15) is 0 Å². The molecule has 0 aliphatic rings. The fourth-order valence-corrected chi connectivity index (χ4v) is 3.90. The van der Waals surface area contributed by atoms with Gasteiger partial charge in [0.05, 0.1) is 10.6 Å². The summed E-state index contributed by atoms with van der Waals surface area (Å²) >= 11 is 1.71. The highest BCUT2D eigenvalue weighted by molar-refractivity contribution is 7.12. The quantitative estimate of drug-likeness (QED) is 0.434. The summed E-state index contributed by atoms with van der Waals surface area (Å²) in [7, 11) is -1.19. The van der Waals surface area contributed by atoms with Crippen LogP contribution in [0.2, 0.25) is 13.1 Å². The molecule has 4 heteroatoms. The number of aliphatic imine (C=N–C) groups is 1. The Kier molecular flexibility index (Phi) is 5.28. The minimum absolute atomic E-state index is 0.882. The number of nitrogens with zero attached hydrogens (tertiary/aromatic N) is 1. The van der Waals surface area contributed by atoms with Gasteiger partial charge < -0.3 is 4.43 Å². The number of benzene rings is 2. The average Bonchev–Trinajstić information content (AvgIpc) is 3.09. The molecule has 1 heterocycles. The van der Waals surface area contributed by atoms with Crippen LogP contribution in [0.5, 0.6) is 5.75 Å². The van der Waals surface area contributed by atoms with Crippen molar-refractivity contribution in [2.45, 2.75) is 20.0 Å². The van der Waals surface area contributed by atoms with E-state index in [1.165, 1.54) is 5.56 Å². The molecule has 0 fully saturated rings. The Hall–Kier alpha value is -2.17. The molecule has 0 atom stereocenters. The Morgan fingerprint density at radius 3 is 2.46 bits per heavy atom. The van der Waals surface area contributed by atoms with E-state index >= 15 is 0 Å². The highest BCUT2D eigenvalue weighted by Gasteiger charge is 2.11. The highest BCUT2D eigenvalue weighted by Crippen LogP contribution is 2.31. The van der Waals surface area contributed by atoms with Gasteiger partial charge in [-0.05, 0) is 49.2 Å². The molecule has 0 radical (unpaired) electrons. The Balaban J connectivity index is 2.13. The van der Waals surface area contributed by atoms with Crippen LogP contribution in [0.15, 0.2) is 71.0 Å². The minimum atomic E-state index is -1.19. The molecule has 3 aromatic rings. The van der Waals surface area contributed by atoms with Gasteiger partial charge in [0.25, 0.3) is 0 Å². The molecule has 0 spiro atoms. The van der Waals surface area contributed by atoms with E-state index in [0.29, 0.717) is 0 Å².